The molecule has 0 aromatic heterocycles. The van der Waals surface area contributed by atoms with Crippen LogP contribution in [-0.2, 0) is 0 Å². The molecule has 0 aliphatic heterocycles. The van der Waals surface area contributed by atoms with E-state index in [1.54, 1.807) is 12.1 Å². The molecule has 68 valence electrons. The molecule has 1 aliphatic rings. The van der Waals surface area contributed by atoms with Crippen molar-refractivity contribution >= 4 is 5.78 Å². The normalized spacial score (nSPS) is 25.7. The first kappa shape index (κ1) is 8.42. The molecule has 0 radical (unpaired) electrons. The summed E-state index contributed by atoms with van der Waals surface area (Å²) < 4.78 is 12.7. The van der Waals surface area contributed by atoms with Gasteiger partial charge in [-0.2, -0.15) is 0 Å². The maximum atomic E-state index is 12.7. The molecule has 0 amide bonds. The minimum Gasteiger partial charge on any atom is -0.295 e. The number of rotatable bonds is 2. The summed E-state index contributed by atoms with van der Waals surface area (Å²) in [5, 5.41) is 0. The van der Waals surface area contributed by atoms with Gasteiger partial charge in [-0.25, -0.2) is 4.39 Å². The number of Topliss-reactive ketones (excluding diaryl/α,β-unsaturated/α-hetero) is 1. The molecule has 2 atom stereocenters. The van der Waals surface area contributed by atoms with Crippen LogP contribution in [0.25, 0.3) is 0 Å². The van der Waals surface area contributed by atoms with Gasteiger partial charge in [0.25, 0.3) is 0 Å². The fourth-order valence-corrected chi connectivity index (χ4v) is 1.47. The molecule has 0 saturated heterocycles. The molecule has 1 fully saturated rings. The Morgan fingerprint density at radius 2 is 1.92 bits per heavy atom. The van der Waals surface area contributed by atoms with Crippen molar-refractivity contribution in [1.29, 1.82) is 0 Å². The van der Waals surface area contributed by atoms with Crippen LogP contribution in [0.4, 0.5) is 4.39 Å². The number of hydrogen-bond donors (Lipinski definition) is 0. The molecular weight excluding hydrogens is 167 g/mol. The van der Waals surface area contributed by atoms with Crippen molar-refractivity contribution in [3.63, 3.8) is 0 Å². The maximum absolute atomic E-state index is 12.7. The first-order valence-electron chi connectivity index (χ1n) is 4.43. The van der Waals surface area contributed by atoms with Crippen LogP contribution >= 0.6 is 0 Å². The molecule has 1 aromatic carbocycles. The Morgan fingerprint density at radius 3 is 2.31 bits per heavy atom. The van der Waals surface area contributed by atoms with Crippen LogP contribution in [0, 0.1) is 0 Å². The van der Waals surface area contributed by atoms with Crippen LogP contribution in [0.1, 0.15) is 35.2 Å². The second-order valence-electron chi connectivity index (χ2n) is 3.54. The number of carbonyl (C=O) groups is 1. The Morgan fingerprint density at radius 1 is 1.38 bits per heavy atom. The van der Waals surface area contributed by atoms with E-state index in [0.29, 0.717) is 12.0 Å². The van der Waals surface area contributed by atoms with E-state index in [9.17, 15) is 9.18 Å². The lowest BCUT2D eigenvalue weighted by atomic mass is 10.1. The zero-order valence-electron chi connectivity index (χ0n) is 7.46. The monoisotopic (exact) mass is 178 g/mol. The van der Waals surface area contributed by atoms with Gasteiger partial charge in [-0.05, 0) is 18.9 Å². The topological polar surface area (TPSA) is 17.1 Å². The van der Waals surface area contributed by atoms with Crippen LogP contribution in [-0.4, -0.2) is 12.0 Å². The molecule has 0 bridgehead atoms. The summed E-state index contributed by atoms with van der Waals surface area (Å²) in [4.78, 5) is 10.9. The Kier molecular flexibility index (Phi) is 1.91. The number of ketones is 1. The minimum absolute atomic E-state index is 0.0548. The summed E-state index contributed by atoms with van der Waals surface area (Å²) in [5.41, 5.74) is 1.71. The first-order valence-corrected chi connectivity index (χ1v) is 4.43. The second-order valence-corrected chi connectivity index (χ2v) is 3.54. The van der Waals surface area contributed by atoms with E-state index in [0.717, 1.165) is 5.56 Å². The molecule has 13 heavy (non-hydrogen) atoms. The summed E-state index contributed by atoms with van der Waals surface area (Å²) in [7, 11) is 0. The molecule has 1 aliphatic carbocycles. The second kappa shape index (κ2) is 2.95. The van der Waals surface area contributed by atoms with Crippen LogP contribution in [0.5, 0.6) is 0 Å². The van der Waals surface area contributed by atoms with Gasteiger partial charge in [0.1, 0.15) is 6.17 Å². The van der Waals surface area contributed by atoms with Gasteiger partial charge in [-0.15, -0.1) is 0 Å². The number of halogens is 1. The van der Waals surface area contributed by atoms with Crippen molar-refractivity contribution in [2.75, 3.05) is 0 Å². The zero-order chi connectivity index (χ0) is 9.42. The number of benzene rings is 1. The largest absolute Gasteiger partial charge is 0.295 e. The summed E-state index contributed by atoms with van der Waals surface area (Å²) in [6.45, 7) is 1.53. The molecule has 2 rings (SSSR count). The van der Waals surface area contributed by atoms with Gasteiger partial charge in [0.2, 0.25) is 0 Å². The van der Waals surface area contributed by atoms with Crippen molar-refractivity contribution < 1.29 is 9.18 Å². The van der Waals surface area contributed by atoms with Crippen LogP contribution in [0.3, 0.4) is 0 Å². The first-order chi connectivity index (χ1) is 6.18. The summed E-state index contributed by atoms with van der Waals surface area (Å²) in [6.07, 6.45) is -0.0254. The number of hydrogen-bond acceptors (Lipinski definition) is 1. The molecule has 0 heterocycles. The highest BCUT2D eigenvalue weighted by Crippen LogP contribution is 2.43. The number of alkyl halides is 1. The highest BCUT2D eigenvalue weighted by molar-refractivity contribution is 5.94. The minimum atomic E-state index is -0.664. The zero-order valence-corrected chi connectivity index (χ0v) is 7.46. The van der Waals surface area contributed by atoms with Gasteiger partial charge in [-0.3, -0.25) is 4.79 Å². The van der Waals surface area contributed by atoms with Crippen LogP contribution in [0.2, 0.25) is 0 Å². The van der Waals surface area contributed by atoms with Crippen LogP contribution in [0.15, 0.2) is 24.3 Å². The Labute approximate surface area is 76.6 Å². The third-order valence-corrected chi connectivity index (χ3v) is 2.46. The average molecular weight is 178 g/mol. The number of carbonyl (C=O) groups excluding carboxylic acids is 1. The van der Waals surface area contributed by atoms with E-state index >= 15 is 0 Å². The molecule has 2 unspecified atom stereocenters. The van der Waals surface area contributed by atoms with Crippen molar-refractivity contribution in [3.8, 4) is 0 Å². The molecule has 1 aromatic rings. The fraction of sp³-hybridized carbons (Fsp3) is 0.364. The van der Waals surface area contributed by atoms with Crippen molar-refractivity contribution in [3.05, 3.63) is 35.4 Å². The van der Waals surface area contributed by atoms with E-state index in [1.165, 1.54) is 6.92 Å². The molecular formula is C11H11FO. The predicted octanol–water partition coefficient (Wildman–Crippen LogP) is 2.71. The highest BCUT2D eigenvalue weighted by Gasteiger charge is 2.38. The van der Waals surface area contributed by atoms with Crippen LogP contribution < -0.4 is 0 Å². The third-order valence-electron chi connectivity index (χ3n) is 2.46. The molecule has 0 N–H and O–H groups in total. The maximum Gasteiger partial charge on any atom is 0.159 e. The van der Waals surface area contributed by atoms with E-state index in [1.807, 2.05) is 12.1 Å². The van der Waals surface area contributed by atoms with Gasteiger partial charge < -0.3 is 0 Å². The lowest BCUT2D eigenvalue weighted by Crippen LogP contribution is -1.92. The van der Waals surface area contributed by atoms with Crippen molar-refractivity contribution in [1.82, 2.24) is 0 Å². The summed E-state index contributed by atoms with van der Waals surface area (Å²) >= 11 is 0. The smallest absolute Gasteiger partial charge is 0.159 e. The van der Waals surface area contributed by atoms with E-state index in [-0.39, 0.29) is 11.7 Å². The highest BCUT2D eigenvalue weighted by atomic mass is 19.1. The van der Waals surface area contributed by atoms with E-state index in [2.05, 4.69) is 0 Å². The van der Waals surface area contributed by atoms with E-state index in [4.69, 9.17) is 0 Å². The van der Waals surface area contributed by atoms with Crippen molar-refractivity contribution in [2.45, 2.75) is 25.4 Å². The molecule has 1 nitrogen and oxygen atoms in total. The lowest BCUT2D eigenvalue weighted by molar-refractivity contribution is 0.101. The predicted molar refractivity (Wildman–Crippen MR) is 48.7 cm³/mol. The SMILES string of the molecule is CC(=O)c1ccc(C2CC2F)cc1. The van der Waals surface area contributed by atoms with Gasteiger partial charge in [0.15, 0.2) is 5.78 Å². The average Bonchev–Trinajstić information content (AvgIpc) is 2.83. The molecule has 0 spiro atoms. The van der Waals surface area contributed by atoms with Crippen molar-refractivity contribution in [2.24, 2.45) is 0 Å². The van der Waals surface area contributed by atoms with Gasteiger partial charge in [0, 0.05) is 11.5 Å². The molecule has 1 saturated carbocycles. The summed E-state index contributed by atoms with van der Waals surface area (Å²) in [6, 6.07) is 7.23. The van der Waals surface area contributed by atoms with Gasteiger partial charge >= 0.3 is 0 Å². The molecule has 2 heteroatoms. The Hall–Kier alpha value is -1.18. The van der Waals surface area contributed by atoms with Gasteiger partial charge in [-0.1, -0.05) is 24.3 Å². The van der Waals surface area contributed by atoms with E-state index < -0.39 is 6.17 Å². The Balaban J connectivity index is 2.19. The third kappa shape index (κ3) is 1.62. The standard InChI is InChI=1S/C11H11FO/c1-7(13)8-2-4-9(5-3-8)10-6-11(10)12/h2-5,10-11H,6H2,1H3. The van der Waals surface area contributed by atoms with Gasteiger partial charge in [0.05, 0.1) is 0 Å². The fourth-order valence-electron chi connectivity index (χ4n) is 1.47. The quantitative estimate of drug-likeness (QED) is 0.636. The summed E-state index contributed by atoms with van der Waals surface area (Å²) in [5.74, 6) is 0.139. The lowest BCUT2D eigenvalue weighted by Gasteiger charge is -1.98. The Bertz CT molecular complexity index is 328.